The van der Waals surface area contributed by atoms with Crippen molar-refractivity contribution in [3.8, 4) is 0 Å². The van der Waals surface area contributed by atoms with Crippen molar-refractivity contribution >= 4 is 27.2 Å². The fourth-order valence-electron chi connectivity index (χ4n) is 8.84. The number of aliphatic hydroxyl groups excluding tert-OH is 1. The Morgan fingerprint density at radius 2 is 1.85 bits per heavy atom. The maximum Gasteiger partial charge on any atom is 0.481 e. The Morgan fingerprint density at radius 3 is 2.54 bits per heavy atom. The quantitative estimate of drug-likeness (QED) is 0.255. The summed E-state index contributed by atoms with van der Waals surface area (Å²) in [5.74, 6) is -4.32. The third kappa shape index (κ3) is 5.36. The Morgan fingerprint density at radius 1 is 1.15 bits per heavy atom. The number of halogens is 3. The molecule has 0 radical (unpaired) electrons. The van der Waals surface area contributed by atoms with E-state index in [1.165, 1.54) is 38.1 Å². The Bertz CT molecular complexity index is 1680. The van der Waals surface area contributed by atoms with E-state index in [9.17, 15) is 38.0 Å². The highest BCUT2D eigenvalue weighted by Gasteiger charge is 2.80. The molecule has 0 spiro atoms. The van der Waals surface area contributed by atoms with Crippen LogP contribution in [0.3, 0.4) is 0 Å². The van der Waals surface area contributed by atoms with Gasteiger partial charge in [-0.15, -0.1) is 0 Å². The standard InChI is InChI=1S/C30H36F3NO12P2/c1-27-7-6-18(35)11-21(27)22(32)12-20-19-13-25-30(28(19,2)14-23(36)29(20,27)33,45-26(44-25)16-4-3-5-17(31)10-16)24(37)15-43-48(40,41)46-47(38,39)42-9-8-34/h3-7,10-11,19-20,22-23,25-26,36H,8-9,12-15,34H2,1-2H3,(H,38,39)(H,40,41)/t19-,20-,22-,23-,25+,26+,27-,28-,29-,30+/m0/s1. The number of fused-ring (bicyclic) bond motifs is 7. The fraction of sp³-hybridized carbons (Fsp3) is 0.600. The molecule has 1 saturated heterocycles. The second-order valence-corrected chi connectivity index (χ2v) is 16.3. The number of nitrogens with two attached hydrogens (primary N) is 1. The van der Waals surface area contributed by atoms with E-state index >= 15 is 8.78 Å². The van der Waals surface area contributed by atoms with E-state index in [1.54, 1.807) is 0 Å². The minimum absolute atomic E-state index is 0.0947. The first-order chi connectivity index (χ1) is 22.3. The molecule has 1 heterocycles. The second-order valence-electron chi connectivity index (χ2n) is 13.3. The molecule has 1 aliphatic heterocycles. The minimum atomic E-state index is -5.46. The van der Waals surface area contributed by atoms with Crippen LogP contribution >= 0.6 is 15.6 Å². The molecular formula is C30H36F3NO12P2. The molecule has 6 rings (SSSR count). The summed E-state index contributed by atoms with van der Waals surface area (Å²) in [5.41, 5.74) is -2.60. The van der Waals surface area contributed by atoms with Gasteiger partial charge in [0.1, 0.15) is 18.6 Å². The summed E-state index contributed by atoms with van der Waals surface area (Å²) in [6.07, 6.45) is -3.74. The number of Topliss-reactive ketones (excluding diaryl/α,β-unsaturated/α-hetero) is 1. The van der Waals surface area contributed by atoms with E-state index in [0.717, 1.165) is 18.2 Å². The van der Waals surface area contributed by atoms with Crippen molar-refractivity contribution in [1.29, 1.82) is 0 Å². The van der Waals surface area contributed by atoms with Gasteiger partial charge >= 0.3 is 15.6 Å². The molecule has 0 bridgehead atoms. The van der Waals surface area contributed by atoms with Crippen molar-refractivity contribution in [1.82, 2.24) is 0 Å². The maximum atomic E-state index is 17.7. The van der Waals surface area contributed by atoms with Gasteiger partial charge in [0.2, 0.25) is 0 Å². The van der Waals surface area contributed by atoms with Crippen LogP contribution in [-0.2, 0) is 41.6 Å². The number of ketones is 2. The highest BCUT2D eigenvalue weighted by atomic mass is 31.3. The largest absolute Gasteiger partial charge is 0.481 e. The van der Waals surface area contributed by atoms with Crippen molar-refractivity contribution in [2.24, 2.45) is 28.4 Å². The van der Waals surface area contributed by atoms with Crippen LogP contribution in [0.1, 0.15) is 45.0 Å². The van der Waals surface area contributed by atoms with Gasteiger partial charge in [0, 0.05) is 28.9 Å². The van der Waals surface area contributed by atoms with E-state index in [2.05, 4.69) is 8.83 Å². The molecule has 1 aromatic rings. The van der Waals surface area contributed by atoms with E-state index in [0.29, 0.717) is 0 Å². The average Bonchev–Trinajstić information content (AvgIpc) is 3.50. The third-order valence-electron chi connectivity index (χ3n) is 10.8. The summed E-state index contributed by atoms with van der Waals surface area (Å²) in [6.45, 7) is 0.961. The number of phosphoric ester groups is 2. The van der Waals surface area contributed by atoms with E-state index in [4.69, 9.17) is 19.7 Å². The van der Waals surface area contributed by atoms with Crippen LogP contribution in [0.25, 0.3) is 0 Å². The summed E-state index contributed by atoms with van der Waals surface area (Å²) in [6, 6.07) is 5.14. The number of ether oxygens (including phenoxy) is 2. The normalized spacial score (nSPS) is 42.5. The van der Waals surface area contributed by atoms with Gasteiger partial charge < -0.3 is 30.1 Å². The Hall–Kier alpha value is -2.07. The van der Waals surface area contributed by atoms with Crippen molar-refractivity contribution in [3.05, 3.63) is 59.4 Å². The molecule has 3 saturated carbocycles. The van der Waals surface area contributed by atoms with Gasteiger partial charge in [-0.2, -0.15) is 4.31 Å². The first kappa shape index (κ1) is 35.7. The molecule has 18 heteroatoms. The van der Waals surface area contributed by atoms with Crippen LogP contribution in [0.15, 0.2) is 48.1 Å². The van der Waals surface area contributed by atoms with Gasteiger partial charge in [0.15, 0.2) is 29.1 Å². The average molecular weight is 722 g/mol. The van der Waals surface area contributed by atoms with Crippen LogP contribution < -0.4 is 5.73 Å². The summed E-state index contributed by atoms with van der Waals surface area (Å²) in [5, 5.41) is 11.7. The Balaban J connectivity index is 1.37. The molecule has 5 aliphatic rings. The van der Waals surface area contributed by atoms with Gasteiger partial charge in [-0.25, -0.2) is 22.3 Å². The lowest BCUT2D eigenvalue weighted by atomic mass is 9.44. The number of benzene rings is 1. The zero-order valence-electron chi connectivity index (χ0n) is 25.9. The number of allylic oxidation sites excluding steroid dienone is 4. The van der Waals surface area contributed by atoms with Crippen LogP contribution in [0.5, 0.6) is 0 Å². The predicted molar refractivity (Wildman–Crippen MR) is 159 cm³/mol. The fourth-order valence-corrected chi connectivity index (χ4v) is 10.9. The smallest absolute Gasteiger partial charge is 0.390 e. The van der Waals surface area contributed by atoms with Gasteiger partial charge in [0.05, 0.1) is 18.8 Å². The molecular weight excluding hydrogens is 685 g/mol. The zero-order valence-corrected chi connectivity index (χ0v) is 27.7. The molecule has 5 N–H and O–H groups in total. The van der Waals surface area contributed by atoms with Gasteiger partial charge in [-0.3, -0.25) is 18.6 Å². The predicted octanol–water partition coefficient (Wildman–Crippen LogP) is 3.69. The molecule has 12 atom stereocenters. The summed E-state index contributed by atoms with van der Waals surface area (Å²) < 4.78 is 98.5. The summed E-state index contributed by atoms with van der Waals surface area (Å²) in [4.78, 5) is 46.4. The van der Waals surface area contributed by atoms with Crippen molar-refractivity contribution < 1.29 is 69.6 Å². The molecule has 0 aromatic heterocycles. The summed E-state index contributed by atoms with van der Waals surface area (Å²) >= 11 is 0. The SMILES string of the molecule is C[C@]12C=CC(=O)C=C1[C@@H](F)C[C@H]1[C@@H]3C[C@H]4O[C@@H](c5cccc(F)c5)O[C@@]4(C(=O)COP(=O)(O)OP(=O)(O)OCCN)[C@@]3(C)C[C@H](O)[C@@]12F. The monoisotopic (exact) mass is 721 g/mol. The van der Waals surface area contributed by atoms with Crippen LogP contribution in [-0.4, -0.2) is 75.9 Å². The van der Waals surface area contributed by atoms with Gasteiger partial charge in [0.25, 0.3) is 0 Å². The number of carbonyl (C=O) groups is 2. The molecule has 0 amide bonds. The molecule has 264 valence electrons. The third-order valence-corrected chi connectivity index (χ3v) is 13.5. The highest BCUT2D eigenvalue weighted by Crippen LogP contribution is 2.73. The van der Waals surface area contributed by atoms with Crippen molar-refractivity contribution in [2.45, 2.75) is 69.0 Å². The number of hydrogen-bond donors (Lipinski definition) is 4. The van der Waals surface area contributed by atoms with Crippen LogP contribution in [0.2, 0.25) is 0 Å². The first-order valence-electron chi connectivity index (χ1n) is 15.3. The Kier molecular flexibility index (Phi) is 8.95. The molecule has 4 fully saturated rings. The number of aliphatic hydroxyl groups is 1. The molecule has 48 heavy (non-hydrogen) atoms. The molecule has 1 aromatic carbocycles. The number of rotatable bonds is 10. The van der Waals surface area contributed by atoms with E-state index in [1.807, 2.05) is 0 Å². The molecule has 2 unspecified atom stereocenters. The topological polar surface area (TPSA) is 201 Å². The maximum absolute atomic E-state index is 17.7. The highest BCUT2D eigenvalue weighted by molar-refractivity contribution is 7.61. The molecule has 13 nitrogen and oxygen atoms in total. The number of hydrogen-bond acceptors (Lipinski definition) is 11. The van der Waals surface area contributed by atoms with Crippen molar-refractivity contribution in [3.63, 3.8) is 0 Å². The molecule has 4 aliphatic carbocycles. The lowest BCUT2D eigenvalue weighted by Crippen LogP contribution is -2.70. The van der Waals surface area contributed by atoms with Crippen LogP contribution in [0.4, 0.5) is 13.2 Å². The zero-order chi connectivity index (χ0) is 35.1. The lowest BCUT2D eigenvalue weighted by molar-refractivity contribution is -0.235. The number of alkyl halides is 2. The van der Waals surface area contributed by atoms with E-state index in [-0.39, 0.29) is 24.1 Å². The Labute approximate surface area is 273 Å². The second kappa shape index (κ2) is 12.0. The minimum Gasteiger partial charge on any atom is -0.390 e. The first-order valence-corrected chi connectivity index (χ1v) is 18.3. The number of phosphoric acid groups is 2. The lowest BCUT2D eigenvalue weighted by Gasteiger charge is -2.63. The van der Waals surface area contributed by atoms with E-state index < -0.39 is 118 Å². The van der Waals surface area contributed by atoms with Gasteiger partial charge in [-0.1, -0.05) is 25.1 Å². The van der Waals surface area contributed by atoms with Crippen LogP contribution in [0, 0.1) is 28.5 Å². The van der Waals surface area contributed by atoms with Crippen molar-refractivity contribution in [2.75, 3.05) is 19.8 Å². The summed E-state index contributed by atoms with van der Waals surface area (Å²) in [7, 11) is -10.6. The number of carbonyl (C=O) groups excluding carboxylic acids is 2. The van der Waals surface area contributed by atoms with Gasteiger partial charge in [-0.05, 0) is 62.0 Å².